The molecule has 0 aromatic heterocycles. The molecule has 0 aliphatic rings. The lowest BCUT2D eigenvalue weighted by Gasteiger charge is -2.13. The van der Waals surface area contributed by atoms with Crippen LogP contribution in [0.25, 0.3) is 0 Å². The fraction of sp³-hybridized carbons (Fsp3) is 0.222. The summed E-state index contributed by atoms with van der Waals surface area (Å²) in [4.78, 5) is 10.6. The molecule has 7 heteroatoms. The number of carboxylic acid groups (broad SMARTS) is 1. The SMILES string of the molecule is O=C(O)c1cc(Br)c(CBr)c(C(F)(F)F)c1. The number of carboxylic acids is 1. The van der Waals surface area contributed by atoms with Crippen LogP contribution in [-0.4, -0.2) is 11.1 Å². The van der Waals surface area contributed by atoms with E-state index in [1.165, 1.54) is 0 Å². The Hall–Kier alpha value is -0.560. The predicted molar refractivity (Wildman–Crippen MR) is 58.7 cm³/mol. The highest BCUT2D eigenvalue weighted by Gasteiger charge is 2.34. The largest absolute Gasteiger partial charge is 0.478 e. The number of carbonyl (C=O) groups is 1. The first kappa shape index (κ1) is 13.5. The highest BCUT2D eigenvalue weighted by molar-refractivity contribution is 9.10. The molecule has 1 N–H and O–H groups in total. The van der Waals surface area contributed by atoms with Gasteiger partial charge in [0, 0.05) is 9.80 Å². The first-order valence-electron chi connectivity index (χ1n) is 3.96. The van der Waals surface area contributed by atoms with Crippen LogP contribution in [-0.2, 0) is 11.5 Å². The second kappa shape index (κ2) is 4.75. The first-order chi connectivity index (χ1) is 7.27. The third kappa shape index (κ3) is 2.76. The second-order valence-electron chi connectivity index (χ2n) is 2.92. The summed E-state index contributed by atoms with van der Waals surface area (Å²) in [7, 11) is 0. The molecule has 16 heavy (non-hydrogen) atoms. The lowest BCUT2D eigenvalue weighted by molar-refractivity contribution is -0.138. The Morgan fingerprint density at radius 1 is 1.38 bits per heavy atom. The number of alkyl halides is 4. The molecule has 0 saturated carbocycles. The summed E-state index contributed by atoms with van der Waals surface area (Å²) in [5, 5.41) is 8.65. The molecule has 0 atom stereocenters. The minimum atomic E-state index is -4.57. The molecular formula is C9H5Br2F3O2. The van der Waals surface area contributed by atoms with E-state index >= 15 is 0 Å². The van der Waals surface area contributed by atoms with Gasteiger partial charge in [0.1, 0.15) is 0 Å². The van der Waals surface area contributed by atoms with E-state index in [1.54, 1.807) is 0 Å². The van der Waals surface area contributed by atoms with Gasteiger partial charge in [0.2, 0.25) is 0 Å². The Bertz CT molecular complexity index is 429. The van der Waals surface area contributed by atoms with Crippen LogP contribution in [0.4, 0.5) is 13.2 Å². The van der Waals surface area contributed by atoms with E-state index in [-0.39, 0.29) is 15.4 Å². The summed E-state index contributed by atoms with van der Waals surface area (Å²) in [6, 6.07) is 1.78. The van der Waals surface area contributed by atoms with E-state index in [9.17, 15) is 18.0 Å². The van der Waals surface area contributed by atoms with Crippen molar-refractivity contribution in [3.63, 3.8) is 0 Å². The number of hydrogen-bond donors (Lipinski definition) is 1. The maximum atomic E-state index is 12.6. The molecule has 0 spiro atoms. The van der Waals surface area contributed by atoms with E-state index in [1.807, 2.05) is 0 Å². The van der Waals surface area contributed by atoms with Crippen molar-refractivity contribution >= 4 is 37.8 Å². The quantitative estimate of drug-likeness (QED) is 0.806. The Morgan fingerprint density at radius 3 is 2.31 bits per heavy atom. The Kier molecular flexibility index (Phi) is 4.01. The van der Waals surface area contributed by atoms with Crippen molar-refractivity contribution in [1.82, 2.24) is 0 Å². The lowest BCUT2D eigenvalue weighted by Crippen LogP contribution is -2.11. The van der Waals surface area contributed by atoms with E-state index in [0.717, 1.165) is 6.07 Å². The topological polar surface area (TPSA) is 37.3 Å². The van der Waals surface area contributed by atoms with Crippen molar-refractivity contribution in [2.75, 3.05) is 0 Å². The molecule has 1 aromatic carbocycles. The first-order valence-corrected chi connectivity index (χ1v) is 5.87. The summed E-state index contributed by atoms with van der Waals surface area (Å²) in [5.41, 5.74) is -1.36. The lowest BCUT2D eigenvalue weighted by atomic mass is 10.0. The molecule has 88 valence electrons. The Balaban J connectivity index is 3.49. The van der Waals surface area contributed by atoms with Gasteiger partial charge in [-0.25, -0.2) is 4.79 Å². The van der Waals surface area contributed by atoms with Gasteiger partial charge in [0.25, 0.3) is 0 Å². The van der Waals surface area contributed by atoms with Gasteiger partial charge < -0.3 is 5.11 Å². The average molecular weight is 362 g/mol. The molecule has 0 heterocycles. The summed E-state index contributed by atoms with van der Waals surface area (Å²) < 4.78 is 38.0. The summed E-state index contributed by atoms with van der Waals surface area (Å²) in [6.07, 6.45) is -4.57. The fourth-order valence-corrected chi connectivity index (χ4v) is 2.73. The monoisotopic (exact) mass is 360 g/mol. The van der Waals surface area contributed by atoms with Crippen molar-refractivity contribution in [3.05, 3.63) is 33.3 Å². The van der Waals surface area contributed by atoms with Crippen LogP contribution in [0.5, 0.6) is 0 Å². The number of aromatic carboxylic acids is 1. The molecule has 1 rings (SSSR count). The van der Waals surface area contributed by atoms with Gasteiger partial charge in [-0.2, -0.15) is 13.2 Å². The van der Waals surface area contributed by atoms with Crippen LogP contribution in [0.1, 0.15) is 21.5 Å². The molecule has 0 unspecified atom stereocenters. The van der Waals surface area contributed by atoms with E-state index in [4.69, 9.17) is 5.11 Å². The van der Waals surface area contributed by atoms with E-state index in [0.29, 0.717) is 6.07 Å². The molecule has 0 amide bonds. The molecule has 0 fully saturated rings. The minimum Gasteiger partial charge on any atom is -0.478 e. The molecule has 0 saturated heterocycles. The van der Waals surface area contributed by atoms with Gasteiger partial charge >= 0.3 is 12.1 Å². The van der Waals surface area contributed by atoms with Crippen molar-refractivity contribution < 1.29 is 23.1 Å². The second-order valence-corrected chi connectivity index (χ2v) is 4.34. The van der Waals surface area contributed by atoms with Gasteiger partial charge in [-0.15, -0.1) is 0 Å². The van der Waals surface area contributed by atoms with Crippen LogP contribution < -0.4 is 0 Å². The maximum Gasteiger partial charge on any atom is 0.416 e. The Morgan fingerprint density at radius 2 is 1.94 bits per heavy atom. The average Bonchev–Trinajstić information content (AvgIpc) is 2.14. The van der Waals surface area contributed by atoms with Crippen molar-refractivity contribution in [2.45, 2.75) is 11.5 Å². The zero-order valence-electron chi connectivity index (χ0n) is 7.61. The maximum absolute atomic E-state index is 12.6. The zero-order chi connectivity index (χ0) is 12.5. The van der Waals surface area contributed by atoms with E-state index in [2.05, 4.69) is 31.9 Å². The molecule has 0 aliphatic heterocycles. The molecular weight excluding hydrogens is 357 g/mol. The third-order valence-electron chi connectivity index (χ3n) is 1.88. The van der Waals surface area contributed by atoms with Crippen molar-refractivity contribution in [3.8, 4) is 0 Å². The number of hydrogen-bond acceptors (Lipinski definition) is 1. The molecule has 2 nitrogen and oxygen atoms in total. The number of rotatable bonds is 2. The van der Waals surface area contributed by atoms with Crippen LogP contribution in [0.3, 0.4) is 0 Å². The number of benzene rings is 1. The molecule has 1 aromatic rings. The van der Waals surface area contributed by atoms with Crippen LogP contribution in [0.2, 0.25) is 0 Å². The van der Waals surface area contributed by atoms with Crippen LogP contribution >= 0.6 is 31.9 Å². The number of halogens is 5. The standard InChI is InChI=1S/C9H5Br2F3O2/c10-3-5-6(9(12,13)14)1-4(8(15)16)2-7(5)11/h1-2H,3H2,(H,15,16). The summed E-state index contributed by atoms with van der Waals surface area (Å²) in [5.74, 6) is -1.40. The van der Waals surface area contributed by atoms with Gasteiger partial charge in [0.05, 0.1) is 11.1 Å². The van der Waals surface area contributed by atoms with E-state index < -0.39 is 23.3 Å². The molecule has 0 aliphatic carbocycles. The summed E-state index contributed by atoms with van der Waals surface area (Å²) >= 11 is 5.86. The molecule has 0 bridgehead atoms. The minimum absolute atomic E-state index is 0.0116. The van der Waals surface area contributed by atoms with Gasteiger partial charge in [-0.1, -0.05) is 31.9 Å². The van der Waals surface area contributed by atoms with Crippen LogP contribution in [0, 0.1) is 0 Å². The van der Waals surface area contributed by atoms with Crippen molar-refractivity contribution in [1.29, 1.82) is 0 Å². The van der Waals surface area contributed by atoms with Crippen molar-refractivity contribution in [2.24, 2.45) is 0 Å². The molecule has 0 radical (unpaired) electrons. The Labute approximate surface area is 106 Å². The smallest absolute Gasteiger partial charge is 0.416 e. The van der Waals surface area contributed by atoms with Gasteiger partial charge in [-0.3, -0.25) is 0 Å². The predicted octanol–water partition coefficient (Wildman–Crippen LogP) is 4.06. The summed E-state index contributed by atoms with van der Waals surface area (Å²) in [6.45, 7) is 0. The highest BCUT2D eigenvalue weighted by Crippen LogP contribution is 2.37. The van der Waals surface area contributed by atoms with Gasteiger partial charge in [0.15, 0.2) is 0 Å². The third-order valence-corrected chi connectivity index (χ3v) is 3.15. The van der Waals surface area contributed by atoms with Crippen LogP contribution in [0.15, 0.2) is 16.6 Å². The highest BCUT2D eigenvalue weighted by atomic mass is 79.9. The fourth-order valence-electron chi connectivity index (χ4n) is 1.15. The van der Waals surface area contributed by atoms with Gasteiger partial charge in [-0.05, 0) is 17.7 Å². The normalized spacial score (nSPS) is 11.6. The zero-order valence-corrected chi connectivity index (χ0v) is 10.8.